The molecule has 2 aromatic rings. The number of carbonyl (C=O) groups is 1. The zero-order chi connectivity index (χ0) is 14.7. The van der Waals surface area contributed by atoms with E-state index in [9.17, 15) is 9.90 Å². The van der Waals surface area contributed by atoms with Gasteiger partial charge in [0.25, 0.3) is 0 Å². The van der Waals surface area contributed by atoms with Crippen molar-refractivity contribution in [1.29, 1.82) is 0 Å². The molecule has 104 valence electrons. The molecular formula is C17H14N2O2. The molecule has 0 spiro atoms. The molecule has 0 aliphatic carbocycles. The van der Waals surface area contributed by atoms with Crippen LogP contribution >= 0.6 is 0 Å². The highest BCUT2D eigenvalue weighted by Crippen LogP contribution is 2.34. The summed E-state index contributed by atoms with van der Waals surface area (Å²) in [6.07, 6.45) is 5.57. The van der Waals surface area contributed by atoms with Crippen LogP contribution in [0.25, 0.3) is 0 Å². The molecule has 3 rings (SSSR count). The van der Waals surface area contributed by atoms with Crippen molar-refractivity contribution in [2.45, 2.75) is 6.04 Å². The van der Waals surface area contributed by atoms with Gasteiger partial charge >= 0.3 is 0 Å². The maximum atomic E-state index is 10.6. The number of phenols is 1. The maximum absolute atomic E-state index is 10.6. The Morgan fingerprint density at radius 3 is 2.62 bits per heavy atom. The van der Waals surface area contributed by atoms with E-state index in [1.54, 1.807) is 29.6 Å². The molecule has 2 aromatic carbocycles. The number of nitrogens with zero attached hydrogens (tertiary/aromatic N) is 2. The highest BCUT2D eigenvalue weighted by atomic mass is 16.3. The first-order chi connectivity index (χ1) is 10.3. The first-order valence-electron chi connectivity index (χ1n) is 6.62. The number of aldehydes is 1. The van der Waals surface area contributed by atoms with Crippen LogP contribution < -0.4 is 0 Å². The van der Waals surface area contributed by atoms with E-state index < -0.39 is 0 Å². The Morgan fingerprint density at radius 1 is 1.10 bits per heavy atom. The number of hydrogen-bond acceptors (Lipinski definition) is 4. The molecule has 4 nitrogen and oxygen atoms in total. The van der Waals surface area contributed by atoms with Crippen LogP contribution in [-0.4, -0.2) is 22.6 Å². The third-order valence-corrected chi connectivity index (χ3v) is 3.41. The average molecular weight is 278 g/mol. The molecule has 1 N–H and O–H groups in total. The van der Waals surface area contributed by atoms with Gasteiger partial charge in [-0.15, -0.1) is 0 Å². The molecule has 0 radical (unpaired) electrons. The fourth-order valence-electron chi connectivity index (χ4n) is 2.45. The number of fused-ring (bicyclic) bond motifs is 1. The van der Waals surface area contributed by atoms with Crippen LogP contribution in [0.1, 0.15) is 22.7 Å². The van der Waals surface area contributed by atoms with E-state index in [0.717, 1.165) is 23.0 Å². The highest BCUT2D eigenvalue weighted by Gasteiger charge is 2.24. The Hall–Kier alpha value is -2.88. The average Bonchev–Trinajstić information content (AvgIpc) is 2.53. The Morgan fingerprint density at radius 2 is 1.86 bits per heavy atom. The first kappa shape index (κ1) is 13.1. The number of hydrogen-bond donors (Lipinski definition) is 1. The van der Waals surface area contributed by atoms with Crippen LogP contribution in [0.15, 0.2) is 65.9 Å². The van der Waals surface area contributed by atoms with Gasteiger partial charge in [-0.25, -0.2) is 0 Å². The van der Waals surface area contributed by atoms with Crippen molar-refractivity contribution in [3.8, 4) is 5.75 Å². The number of benzene rings is 2. The van der Waals surface area contributed by atoms with Gasteiger partial charge in [-0.3, -0.25) is 9.80 Å². The molecule has 0 saturated heterocycles. The van der Waals surface area contributed by atoms with E-state index in [-0.39, 0.29) is 11.8 Å². The van der Waals surface area contributed by atoms with E-state index >= 15 is 0 Å². The highest BCUT2D eigenvalue weighted by molar-refractivity contribution is 5.83. The summed E-state index contributed by atoms with van der Waals surface area (Å²) >= 11 is 0. The zero-order valence-electron chi connectivity index (χ0n) is 11.3. The molecule has 4 heteroatoms. The topological polar surface area (TPSA) is 52.9 Å². The zero-order valence-corrected chi connectivity index (χ0v) is 11.3. The van der Waals surface area contributed by atoms with Crippen molar-refractivity contribution in [1.82, 2.24) is 5.01 Å². The van der Waals surface area contributed by atoms with Gasteiger partial charge in [-0.05, 0) is 29.3 Å². The SMILES string of the molecule is O=CC=CN1N=Cc2ccccc2C1c1ccc(O)cc1. The Labute approximate surface area is 122 Å². The molecule has 0 bridgehead atoms. The van der Waals surface area contributed by atoms with Crippen molar-refractivity contribution in [3.63, 3.8) is 0 Å². The molecule has 0 amide bonds. The van der Waals surface area contributed by atoms with Crippen molar-refractivity contribution in [2.24, 2.45) is 5.10 Å². The molecule has 1 unspecified atom stereocenters. The number of rotatable bonds is 3. The summed E-state index contributed by atoms with van der Waals surface area (Å²) in [4.78, 5) is 10.6. The molecule has 21 heavy (non-hydrogen) atoms. The van der Waals surface area contributed by atoms with Gasteiger partial charge in [0.15, 0.2) is 0 Å². The molecule has 0 saturated carbocycles. The van der Waals surface area contributed by atoms with E-state index in [0.29, 0.717) is 0 Å². The minimum atomic E-state index is -0.122. The van der Waals surface area contributed by atoms with Crippen molar-refractivity contribution in [3.05, 3.63) is 77.5 Å². The molecular weight excluding hydrogens is 264 g/mol. The minimum Gasteiger partial charge on any atom is -0.508 e. The quantitative estimate of drug-likeness (QED) is 0.694. The summed E-state index contributed by atoms with van der Waals surface area (Å²) in [5.74, 6) is 0.223. The third kappa shape index (κ3) is 2.56. The predicted octanol–water partition coefficient (Wildman–Crippen LogP) is 2.84. The monoisotopic (exact) mass is 278 g/mol. The second kappa shape index (κ2) is 5.63. The number of hydrazone groups is 1. The van der Waals surface area contributed by atoms with Gasteiger partial charge < -0.3 is 5.11 Å². The van der Waals surface area contributed by atoms with Crippen LogP contribution in [0.4, 0.5) is 0 Å². The largest absolute Gasteiger partial charge is 0.508 e. The van der Waals surface area contributed by atoms with Gasteiger partial charge in [0.2, 0.25) is 0 Å². The normalized spacial score (nSPS) is 17.0. The first-order valence-corrected chi connectivity index (χ1v) is 6.62. The summed E-state index contributed by atoms with van der Waals surface area (Å²) in [7, 11) is 0. The Kier molecular flexibility index (Phi) is 3.51. The second-order valence-electron chi connectivity index (χ2n) is 4.73. The number of allylic oxidation sites excluding steroid dienone is 1. The molecule has 1 atom stereocenters. The summed E-state index contributed by atoms with van der Waals surface area (Å²) < 4.78 is 0. The molecule has 1 aliphatic rings. The van der Waals surface area contributed by atoms with Crippen molar-refractivity contribution < 1.29 is 9.90 Å². The lowest BCUT2D eigenvalue weighted by Crippen LogP contribution is -2.24. The summed E-state index contributed by atoms with van der Waals surface area (Å²) in [6.45, 7) is 0. The lowest BCUT2D eigenvalue weighted by molar-refractivity contribution is -0.104. The Balaban J connectivity index is 2.10. The molecule has 0 aromatic heterocycles. The summed E-state index contributed by atoms with van der Waals surface area (Å²) in [5.41, 5.74) is 3.15. The standard InChI is InChI=1S/C17H14N2O2/c20-11-3-10-19-17(13-6-8-15(21)9-7-13)16-5-2-1-4-14(16)12-18-19/h1-12,17,21H. The number of phenolic OH excluding ortho intramolecular Hbond substituents is 1. The van der Waals surface area contributed by atoms with Gasteiger partial charge in [-0.2, -0.15) is 5.10 Å². The van der Waals surface area contributed by atoms with Crippen LogP contribution in [-0.2, 0) is 4.79 Å². The fraction of sp³-hybridized carbons (Fsp3) is 0.0588. The van der Waals surface area contributed by atoms with Gasteiger partial charge in [0, 0.05) is 11.8 Å². The number of carbonyl (C=O) groups excluding carboxylic acids is 1. The maximum Gasteiger partial charge on any atom is 0.144 e. The van der Waals surface area contributed by atoms with Crippen LogP contribution in [0.3, 0.4) is 0 Å². The summed E-state index contributed by atoms with van der Waals surface area (Å²) in [5, 5.41) is 15.6. The molecule has 1 heterocycles. The smallest absolute Gasteiger partial charge is 0.144 e. The third-order valence-electron chi connectivity index (χ3n) is 3.41. The van der Waals surface area contributed by atoms with Crippen LogP contribution in [0.5, 0.6) is 5.75 Å². The lowest BCUT2D eigenvalue weighted by Gasteiger charge is -2.31. The van der Waals surface area contributed by atoms with Gasteiger partial charge in [-0.1, -0.05) is 36.4 Å². The van der Waals surface area contributed by atoms with E-state index in [1.165, 1.54) is 6.08 Å². The Bertz CT molecular complexity index is 705. The molecule has 0 fully saturated rings. The fourth-order valence-corrected chi connectivity index (χ4v) is 2.45. The lowest BCUT2D eigenvalue weighted by atomic mass is 9.93. The second-order valence-corrected chi connectivity index (χ2v) is 4.73. The number of aromatic hydroxyl groups is 1. The van der Waals surface area contributed by atoms with Gasteiger partial charge in [0.05, 0.1) is 6.21 Å². The van der Waals surface area contributed by atoms with E-state index in [2.05, 4.69) is 5.10 Å². The molecule has 1 aliphatic heterocycles. The van der Waals surface area contributed by atoms with E-state index in [1.807, 2.05) is 36.4 Å². The minimum absolute atomic E-state index is 0.122. The van der Waals surface area contributed by atoms with Gasteiger partial charge in [0.1, 0.15) is 18.1 Å². The van der Waals surface area contributed by atoms with Crippen molar-refractivity contribution in [2.75, 3.05) is 0 Å². The summed E-state index contributed by atoms with van der Waals surface area (Å²) in [6, 6.07) is 14.9. The van der Waals surface area contributed by atoms with Crippen LogP contribution in [0, 0.1) is 0 Å². The van der Waals surface area contributed by atoms with Crippen molar-refractivity contribution >= 4 is 12.5 Å². The van der Waals surface area contributed by atoms with Crippen LogP contribution in [0.2, 0.25) is 0 Å². The van der Waals surface area contributed by atoms with E-state index in [4.69, 9.17) is 0 Å². The predicted molar refractivity (Wildman–Crippen MR) is 81.0 cm³/mol.